The van der Waals surface area contributed by atoms with Crippen molar-refractivity contribution in [3.05, 3.63) is 0 Å². The average molecular weight is 270 g/mol. The van der Waals surface area contributed by atoms with E-state index in [1.54, 1.807) is 7.05 Å². The van der Waals surface area contributed by atoms with Crippen molar-refractivity contribution in [2.45, 2.75) is 37.2 Å². The van der Waals surface area contributed by atoms with Gasteiger partial charge in [0.15, 0.2) is 5.11 Å². The predicted molar refractivity (Wildman–Crippen MR) is 61.0 cm³/mol. The van der Waals surface area contributed by atoms with Gasteiger partial charge in [0.05, 0.1) is 12.6 Å². The van der Waals surface area contributed by atoms with Crippen molar-refractivity contribution in [3.8, 4) is 0 Å². The molecule has 0 aliphatic carbocycles. The minimum absolute atomic E-state index is 0.159. The van der Waals surface area contributed by atoms with Gasteiger partial charge in [-0.2, -0.15) is 0 Å². The molecule has 0 amide bonds. The number of hydrogen-bond acceptors (Lipinski definition) is 4. The van der Waals surface area contributed by atoms with Crippen molar-refractivity contribution in [1.82, 2.24) is 10.6 Å². The molecule has 0 radical (unpaired) electrons. The minimum atomic E-state index is -3.21. The van der Waals surface area contributed by atoms with Crippen LogP contribution in [0.25, 0.3) is 0 Å². The highest BCUT2D eigenvalue weighted by molar-refractivity contribution is 7.80. The number of hydrogen-bond donors (Lipinski definition) is 4. The summed E-state index contributed by atoms with van der Waals surface area (Å²) in [6, 6.07) is -0.719. The second-order valence-electron chi connectivity index (χ2n) is 4.02. The molecule has 1 rings (SSSR count). The maximum Gasteiger partial charge on any atom is 0.273 e. The number of aliphatic hydroxyl groups excluding tert-OH is 2. The van der Waals surface area contributed by atoms with Crippen molar-refractivity contribution < 1.29 is 23.7 Å². The summed E-state index contributed by atoms with van der Waals surface area (Å²) < 4.78 is 30.9. The molecular weight excluding hydrogens is 254 g/mol. The van der Waals surface area contributed by atoms with Gasteiger partial charge in [0.25, 0.3) is 5.92 Å². The number of alkyl halides is 2. The third kappa shape index (κ3) is 3.44. The van der Waals surface area contributed by atoms with Crippen LogP contribution >= 0.6 is 12.2 Å². The van der Waals surface area contributed by atoms with E-state index in [2.05, 4.69) is 10.6 Å². The van der Waals surface area contributed by atoms with Crippen LogP contribution in [0.1, 0.15) is 6.92 Å². The highest BCUT2D eigenvalue weighted by Crippen LogP contribution is 2.28. The van der Waals surface area contributed by atoms with Gasteiger partial charge in [-0.1, -0.05) is 0 Å². The predicted octanol–water partition coefficient (Wildman–Crippen LogP) is -0.775. The number of ether oxygens (including phenoxy) is 1. The van der Waals surface area contributed by atoms with E-state index in [0.29, 0.717) is 6.92 Å². The monoisotopic (exact) mass is 270 g/mol. The molecule has 8 heteroatoms. The lowest BCUT2D eigenvalue weighted by Gasteiger charge is -2.40. The highest BCUT2D eigenvalue weighted by Gasteiger charge is 2.48. The van der Waals surface area contributed by atoms with Crippen LogP contribution in [0.5, 0.6) is 0 Å². The van der Waals surface area contributed by atoms with E-state index in [4.69, 9.17) is 17.0 Å². The molecule has 0 spiro atoms. The largest absolute Gasteiger partial charge is 0.388 e. The Labute approximate surface area is 103 Å². The van der Waals surface area contributed by atoms with E-state index >= 15 is 0 Å². The standard InChI is InChI=1S/C9H16F2N2O3S/c1-9(10,11)7-6(15)5(14)4(3-16-7)13-8(17)12-2/h4-7,14-15H,3H2,1-2H3,(H2,12,13,17). The molecule has 0 saturated carbocycles. The first kappa shape index (κ1) is 14.5. The molecule has 0 aromatic carbocycles. The summed E-state index contributed by atoms with van der Waals surface area (Å²) in [4.78, 5) is 0. The average Bonchev–Trinajstić information content (AvgIpc) is 2.22. The van der Waals surface area contributed by atoms with Gasteiger partial charge in [-0.15, -0.1) is 0 Å². The van der Waals surface area contributed by atoms with Crippen LogP contribution in [0.2, 0.25) is 0 Å². The fourth-order valence-corrected chi connectivity index (χ4v) is 1.79. The highest BCUT2D eigenvalue weighted by atomic mass is 32.1. The molecule has 0 bridgehead atoms. The Morgan fingerprint density at radius 1 is 1.41 bits per heavy atom. The molecule has 1 aliphatic heterocycles. The van der Waals surface area contributed by atoms with E-state index in [-0.39, 0.29) is 11.7 Å². The molecule has 0 aromatic heterocycles. The molecule has 5 nitrogen and oxygen atoms in total. The maximum absolute atomic E-state index is 13.0. The summed E-state index contributed by atoms with van der Waals surface area (Å²) in [5, 5.41) is 24.8. The number of aliphatic hydroxyl groups is 2. The van der Waals surface area contributed by atoms with Crippen molar-refractivity contribution in [2.75, 3.05) is 13.7 Å². The fraction of sp³-hybridized carbons (Fsp3) is 0.889. The van der Waals surface area contributed by atoms with Crippen LogP contribution in [0.4, 0.5) is 8.78 Å². The quantitative estimate of drug-likeness (QED) is 0.494. The van der Waals surface area contributed by atoms with Crippen LogP contribution < -0.4 is 10.6 Å². The van der Waals surface area contributed by atoms with Crippen molar-refractivity contribution in [3.63, 3.8) is 0 Å². The van der Waals surface area contributed by atoms with Crippen LogP contribution in [-0.2, 0) is 4.74 Å². The van der Waals surface area contributed by atoms with Crippen molar-refractivity contribution in [1.29, 1.82) is 0 Å². The van der Waals surface area contributed by atoms with Gasteiger partial charge in [0.1, 0.15) is 18.3 Å². The lowest BCUT2D eigenvalue weighted by molar-refractivity contribution is -0.222. The van der Waals surface area contributed by atoms with E-state index in [0.717, 1.165) is 0 Å². The third-order valence-corrected chi connectivity index (χ3v) is 2.89. The number of halogens is 2. The Hall–Kier alpha value is -0.570. The van der Waals surface area contributed by atoms with Crippen LogP contribution in [0, 0.1) is 0 Å². The van der Waals surface area contributed by atoms with Crippen LogP contribution in [-0.4, -0.2) is 59.3 Å². The van der Waals surface area contributed by atoms with Gasteiger partial charge < -0.3 is 25.6 Å². The fourth-order valence-electron chi connectivity index (χ4n) is 1.64. The van der Waals surface area contributed by atoms with Gasteiger partial charge in [-0.25, -0.2) is 8.78 Å². The molecule has 1 saturated heterocycles. The lowest BCUT2D eigenvalue weighted by Crippen LogP contribution is -2.63. The summed E-state index contributed by atoms with van der Waals surface area (Å²) in [5.74, 6) is -3.21. The van der Waals surface area contributed by atoms with E-state index in [9.17, 15) is 19.0 Å². The second-order valence-corrected chi connectivity index (χ2v) is 4.43. The van der Waals surface area contributed by atoms with Gasteiger partial charge in [-0.05, 0) is 12.2 Å². The van der Waals surface area contributed by atoms with Gasteiger partial charge >= 0.3 is 0 Å². The number of rotatable bonds is 2. The normalized spacial score (nSPS) is 34.2. The Balaban J connectivity index is 2.65. The molecule has 1 aliphatic rings. The molecule has 0 aromatic rings. The number of thiocarbonyl (C=S) groups is 1. The molecular formula is C9H16F2N2O3S. The first-order valence-electron chi connectivity index (χ1n) is 5.11. The Kier molecular flexibility index (Phi) is 4.59. The maximum atomic E-state index is 13.0. The van der Waals surface area contributed by atoms with Crippen molar-refractivity contribution >= 4 is 17.3 Å². The van der Waals surface area contributed by atoms with Gasteiger partial charge in [-0.3, -0.25) is 0 Å². The molecule has 1 heterocycles. The summed E-state index contributed by atoms with van der Waals surface area (Å²) in [6.07, 6.45) is -4.74. The zero-order valence-corrected chi connectivity index (χ0v) is 10.3. The number of nitrogens with one attached hydrogen (secondary N) is 2. The zero-order chi connectivity index (χ0) is 13.2. The SMILES string of the molecule is CNC(=S)NC1COC(C(C)(F)F)C(O)C1O. The molecule has 4 N–H and O–H groups in total. The summed E-state index contributed by atoms with van der Waals surface area (Å²) in [5.41, 5.74) is 0. The summed E-state index contributed by atoms with van der Waals surface area (Å²) in [7, 11) is 1.57. The van der Waals surface area contributed by atoms with Crippen LogP contribution in [0.15, 0.2) is 0 Å². The topological polar surface area (TPSA) is 73.8 Å². The van der Waals surface area contributed by atoms with Gasteiger partial charge in [0, 0.05) is 14.0 Å². The van der Waals surface area contributed by atoms with Crippen molar-refractivity contribution in [2.24, 2.45) is 0 Å². The summed E-state index contributed by atoms with van der Waals surface area (Å²) >= 11 is 4.81. The second kappa shape index (κ2) is 5.38. The Morgan fingerprint density at radius 2 is 2.00 bits per heavy atom. The third-order valence-electron chi connectivity index (χ3n) is 2.57. The molecule has 17 heavy (non-hydrogen) atoms. The van der Waals surface area contributed by atoms with Gasteiger partial charge in [0.2, 0.25) is 0 Å². The molecule has 100 valence electrons. The Bertz CT molecular complexity index is 288. The first-order valence-corrected chi connectivity index (χ1v) is 5.52. The Morgan fingerprint density at radius 3 is 2.47 bits per heavy atom. The van der Waals surface area contributed by atoms with E-state index in [1.807, 2.05) is 0 Å². The lowest BCUT2D eigenvalue weighted by atomic mass is 9.95. The molecule has 1 fully saturated rings. The minimum Gasteiger partial charge on any atom is -0.388 e. The first-order chi connectivity index (χ1) is 7.77. The summed E-state index contributed by atoms with van der Waals surface area (Å²) in [6.45, 7) is 0.480. The van der Waals surface area contributed by atoms with E-state index < -0.39 is 30.3 Å². The van der Waals surface area contributed by atoms with E-state index in [1.165, 1.54) is 0 Å². The molecule has 4 unspecified atom stereocenters. The molecule has 4 atom stereocenters. The zero-order valence-electron chi connectivity index (χ0n) is 9.48. The smallest absolute Gasteiger partial charge is 0.273 e. The van der Waals surface area contributed by atoms with Crippen LogP contribution in [0.3, 0.4) is 0 Å².